The number of rotatable bonds is 4. The number of likely N-dealkylation sites (tertiary alicyclic amines) is 1. The molecule has 2 aromatic heterocycles. The Hall–Kier alpha value is -2.33. The molecule has 3 heterocycles. The van der Waals surface area contributed by atoms with Crippen molar-refractivity contribution in [3.05, 3.63) is 54.7 Å². The Bertz CT molecular complexity index is 831. The third-order valence-corrected chi connectivity index (χ3v) is 4.99. The van der Waals surface area contributed by atoms with E-state index in [1.807, 2.05) is 12.4 Å². The smallest absolute Gasteiger partial charge is 0.115 e. The quantitative estimate of drug-likeness (QED) is 0.735. The predicted molar refractivity (Wildman–Crippen MR) is 96.7 cm³/mol. The minimum atomic E-state index is 0.723. The van der Waals surface area contributed by atoms with Crippen molar-refractivity contribution in [3.8, 4) is 11.1 Å². The normalized spacial score (nSPS) is 18.3. The van der Waals surface area contributed by atoms with E-state index in [1.54, 1.807) is 6.33 Å². The predicted octanol–water partition coefficient (Wildman–Crippen LogP) is 3.72. The highest BCUT2D eigenvalue weighted by Gasteiger charge is 2.19. The highest BCUT2D eigenvalue weighted by molar-refractivity contribution is 5.84. The van der Waals surface area contributed by atoms with Crippen molar-refractivity contribution in [1.82, 2.24) is 19.9 Å². The lowest BCUT2D eigenvalue weighted by Crippen LogP contribution is -2.29. The van der Waals surface area contributed by atoms with E-state index in [2.05, 4.69) is 52.1 Å². The molecule has 1 atom stereocenters. The van der Waals surface area contributed by atoms with Crippen LogP contribution in [0.15, 0.2) is 49.1 Å². The maximum atomic E-state index is 4.84. The number of pyridine rings is 1. The average molecular weight is 318 g/mol. The van der Waals surface area contributed by atoms with Gasteiger partial charge in [-0.05, 0) is 50.1 Å². The minimum absolute atomic E-state index is 0.723. The summed E-state index contributed by atoms with van der Waals surface area (Å²) in [7, 11) is 0. The third-order valence-electron chi connectivity index (χ3n) is 4.99. The zero-order chi connectivity index (χ0) is 16.4. The second-order valence-corrected chi connectivity index (χ2v) is 6.61. The fraction of sp³-hybridized carbons (Fsp3) is 0.350. The van der Waals surface area contributed by atoms with Gasteiger partial charge < -0.3 is 4.90 Å². The van der Waals surface area contributed by atoms with Crippen LogP contribution in [0, 0.1) is 0 Å². The number of hydrogen-bond acceptors (Lipinski definition) is 4. The summed E-state index contributed by atoms with van der Waals surface area (Å²) in [6.07, 6.45) is 8.92. The number of benzene rings is 1. The Morgan fingerprint density at radius 3 is 2.75 bits per heavy atom. The highest BCUT2D eigenvalue weighted by Crippen LogP contribution is 2.23. The Morgan fingerprint density at radius 2 is 1.96 bits per heavy atom. The molecule has 1 saturated heterocycles. The van der Waals surface area contributed by atoms with E-state index in [4.69, 9.17) is 4.98 Å². The zero-order valence-corrected chi connectivity index (χ0v) is 14.0. The summed E-state index contributed by atoms with van der Waals surface area (Å²) in [6.45, 7) is 4.67. The lowest BCUT2D eigenvalue weighted by atomic mass is 10.1. The van der Waals surface area contributed by atoms with Crippen molar-refractivity contribution < 1.29 is 0 Å². The molecule has 1 aliphatic rings. The molecule has 3 aromatic rings. The molecule has 0 aliphatic carbocycles. The minimum Gasteiger partial charge on any atom is -0.300 e. The monoisotopic (exact) mass is 318 g/mol. The first kappa shape index (κ1) is 15.2. The molecule has 0 spiro atoms. The molecule has 4 rings (SSSR count). The van der Waals surface area contributed by atoms with Gasteiger partial charge >= 0.3 is 0 Å². The molecule has 4 heteroatoms. The topological polar surface area (TPSA) is 41.9 Å². The number of aromatic nitrogens is 3. The van der Waals surface area contributed by atoms with E-state index in [1.165, 1.54) is 25.1 Å². The summed E-state index contributed by atoms with van der Waals surface area (Å²) in [6, 6.07) is 11.4. The molecule has 122 valence electrons. The molecular weight excluding hydrogens is 296 g/mol. The van der Waals surface area contributed by atoms with Crippen LogP contribution in [-0.2, 0) is 6.42 Å². The summed E-state index contributed by atoms with van der Waals surface area (Å²) < 4.78 is 0. The molecule has 24 heavy (non-hydrogen) atoms. The lowest BCUT2D eigenvalue weighted by Gasteiger charge is -2.20. The van der Waals surface area contributed by atoms with Crippen LogP contribution < -0.4 is 0 Å². The molecule has 0 bridgehead atoms. The van der Waals surface area contributed by atoms with Gasteiger partial charge in [0, 0.05) is 48.0 Å². The van der Waals surface area contributed by atoms with Gasteiger partial charge in [0.25, 0.3) is 0 Å². The summed E-state index contributed by atoms with van der Waals surface area (Å²) >= 11 is 0. The van der Waals surface area contributed by atoms with Gasteiger partial charge in [0.2, 0.25) is 0 Å². The first-order valence-corrected chi connectivity index (χ1v) is 8.69. The van der Waals surface area contributed by atoms with Crippen molar-refractivity contribution >= 4 is 10.9 Å². The van der Waals surface area contributed by atoms with Crippen LogP contribution in [0.3, 0.4) is 0 Å². The maximum Gasteiger partial charge on any atom is 0.115 e. The van der Waals surface area contributed by atoms with Crippen molar-refractivity contribution in [2.75, 3.05) is 13.1 Å². The lowest BCUT2D eigenvalue weighted by molar-refractivity contribution is 0.271. The maximum absolute atomic E-state index is 4.84. The van der Waals surface area contributed by atoms with Crippen LogP contribution in [0.5, 0.6) is 0 Å². The van der Waals surface area contributed by atoms with E-state index in [0.717, 1.165) is 41.0 Å². The van der Waals surface area contributed by atoms with Gasteiger partial charge in [-0.3, -0.25) is 4.98 Å². The molecule has 0 radical (unpaired) electrons. The van der Waals surface area contributed by atoms with Gasteiger partial charge in [-0.2, -0.15) is 0 Å². The molecule has 1 unspecified atom stereocenters. The Balaban J connectivity index is 1.53. The van der Waals surface area contributed by atoms with Crippen molar-refractivity contribution in [3.63, 3.8) is 0 Å². The van der Waals surface area contributed by atoms with Crippen LogP contribution >= 0.6 is 0 Å². The standard InChI is InChI=1S/C20H22N4/c1-15-3-2-9-24(15)10-8-19-6-4-17-11-16(5-7-20(17)23-19)18-12-21-14-22-13-18/h4-7,11-15H,2-3,8-10H2,1H3. The van der Waals surface area contributed by atoms with Gasteiger partial charge in [0.1, 0.15) is 6.33 Å². The summed E-state index contributed by atoms with van der Waals surface area (Å²) in [5.41, 5.74) is 4.40. The fourth-order valence-electron chi connectivity index (χ4n) is 3.52. The number of nitrogens with zero attached hydrogens (tertiary/aromatic N) is 4. The Morgan fingerprint density at radius 1 is 1.08 bits per heavy atom. The van der Waals surface area contributed by atoms with Crippen LogP contribution in [0.1, 0.15) is 25.5 Å². The molecule has 1 aliphatic heterocycles. The average Bonchev–Trinajstić information content (AvgIpc) is 3.05. The summed E-state index contributed by atoms with van der Waals surface area (Å²) in [5, 5.41) is 1.16. The van der Waals surface area contributed by atoms with E-state index in [-0.39, 0.29) is 0 Å². The third kappa shape index (κ3) is 3.15. The van der Waals surface area contributed by atoms with Crippen molar-refractivity contribution in [2.45, 2.75) is 32.2 Å². The van der Waals surface area contributed by atoms with Gasteiger partial charge in [0.15, 0.2) is 0 Å². The van der Waals surface area contributed by atoms with Gasteiger partial charge in [0.05, 0.1) is 5.52 Å². The van der Waals surface area contributed by atoms with E-state index in [0.29, 0.717) is 0 Å². The Kier molecular flexibility index (Phi) is 4.22. The SMILES string of the molecule is CC1CCCN1CCc1ccc2cc(-c3cncnc3)ccc2n1. The zero-order valence-electron chi connectivity index (χ0n) is 14.0. The molecular formula is C20H22N4. The number of hydrogen-bond donors (Lipinski definition) is 0. The highest BCUT2D eigenvalue weighted by atomic mass is 15.2. The largest absolute Gasteiger partial charge is 0.300 e. The molecule has 0 amide bonds. The van der Waals surface area contributed by atoms with Crippen molar-refractivity contribution in [2.24, 2.45) is 0 Å². The van der Waals surface area contributed by atoms with E-state index < -0.39 is 0 Å². The molecule has 1 fully saturated rings. The van der Waals surface area contributed by atoms with Crippen LogP contribution in [0.4, 0.5) is 0 Å². The number of fused-ring (bicyclic) bond motifs is 1. The second-order valence-electron chi connectivity index (χ2n) is 6.61. The Labute approximate surface area is 142 Å². The van der Waals surface area contributed by atoms with Crippen LogP contribution in [-0.4, -0.2) is 39.0 Å². The van der Waals surface area contributed by atoms with E-state index in [9.17, 15) is 0 Å². The van der Waals surface area contributed by atoms with Gasteiger partial charge in [-0.15, -0.1) is 0 Å². The van der Waals surface area contributed by atoms with Crippen LogP contribution in [0.25, 0.3) is 22.0 Å². The van der Waals surface area contributed by atoms with E-state index >= 15 is 0 Å². The molecule has 0 saturated carbocycles. The van der Waals surface area contributed by atoms with Gasteiger partial charge in [-0.25, -0.2) is 9.97 Å². The first-order chi connectivity index (χ1) is 11.8. The summed E-state index contributed by atoms with van der Waals surface area (Å²) in [4.78, 5) is 15.6. The molecule has 0 N–H and O–H groups in total. The second kappa shape index (κ2) is 6.65. The molecule has 1 aromatic carbocycles. The fourth-order valence-corrected chi connectivity index (χ4v) is 3.52. The summed E-state index contributed by atoms with van der Waals surface area (Å²) in [5.74, 6) is 0. The van der Waals surface area contributed by atoms with Crippen LogP contribution in [0.2, 0.25) is 0 Å². The van der Waals surface area contributed by atoms with Gasteiger partial charge in [-0.1, -0.05) is 12.1 Å². The molecule has 4 nitrogen and oxygen atoms in total. The van der Waals surface area contributed by atoms with Crippen molar-refractivity contribution in [1.29, 1.82) is 0 Å². The first-order valence-electron chi connectivity index (χ1n) is 8.69.